The quantitative estimate of drug-likeness (QED) is 0.414. The largest absolute Gasteiger partial charge is 0.445 e. The van der Waals surface area contributed by atoms with Gasteiger partial charge in [-0.2, -0.15) is 0 Å². The molecule has 8 heteroatoms. The van der Waals surface area contributed by atoms with Crippen LogP contribution in [0.25, 0.3) is 0 Å². The van der Waals surface area contributed by atoms with Gasteiger partial charge in [0, 0.05) is 34.7 Å². The number of aliphatic hydroxyl groups is 1. The molecule has 0 radical (unpaired) electrons. The molecule has 1 fully saturated rings. The second kappa shape index (κ2) is 11.4. The molecule has 1 aliphatic rings. The fourth-order valence-corrected chi connectivity index (χ4v) is 4.84. The van der Waals surface area contributed by atoms with Gasteiger partial charge in [0.25, 0.3) is 0 Å². The van der Waals surface area contributed by atoms with Crippen LogP contribution in [0.3, 0.4) is 0 Å². The van der Waals surface area contributed by atoms with Crippen molar-refractivity contribution < 1.29 is 14.6 Å². The van der Waals surface area contributed by atoms with Gasteiger partial charge in [0.05, 0.1) is 18.7 Å². The Balaban J connectivity index is 1.48. The summed E-state index contributed by atoms with van der Waals surface area (Å²) in [6, 6.07) is 22.2. The zero-order valence-corrected chi connectivity index (χ0v) is 20.7. The lowest BCUT2D eigenvalue weighted by atomic mass is 10.1. The van der Waals surface area contributed by atoms with Crippen molar-refractivity contribution in [2.75, 3.05) is 13.1 Å². The molecule has 1 amide bonds. The lowest BCUT2D eigenvalue weighted by Crippen LogP contribution is -2.42. The number of halogens is 3. The van der Waals surface area contributed by atoms with Crippen molar-refractivity contribution in [3.8, 4) is 0 Å². The molecule has 0 spiro atoms. The van der Waals surface area contributed by atoms with Crippen molar-refractivity contribution in [1.82, 2.24) is 9.80 Å². The molecule has 3 aromatic carbocycles. The average molecular weight is 520 g/mol. The third-order valence-corrected chi connectivity index (χ3v) is 6.49. The number of aliphatic hydroxyl groups excluding tert-OH is 1. The minimum atomic E-state index is -0.730. The van der Waals surface area contributed by atoms with E-state index in [2.05, 4.69) is 4.90 Å². The molecule has 0 aromatic heterocycles. The molecular weight excluding hydrogens is 495 g/mol. The Kier molecular flexibility index (Phi) is 8.35. The number of ether oxygens (including phenoxy) is 1. The number of rotatable bonds is 7. The Hall–Kier alpha value is -2.28. The van der Waals surface area contributed by atoms with Crippen LogP contribution in [0.5, 0.6) is 0 Å². The lowest BCUT2D eigenvalue weighted by Gasteiger charge is -2.31. The number of likely N-dealkylation sites (tertiary alicyclic amines) is 1. The third-order valence-electron chi connectivity index (χ3n) is 5.80. The molecule has 0 bridgehead atoms. The van der Waals surface area contributed by atoms with Crippen LogP contribution in [0.2, 0.25) is 15.1 Å². The van der Waals surface area contributed by atoms with Crippen LogP contribution in [-0.2, 0) is 24.4 Å². The first kappa shape index (κ1) is 24.8. The van der Waals surface area contributed by atoms with E-state index in [0.717, 1.165) is 16.7 Å². The van der Waals surface area contributed by atoms with Crippen molar-refractivity contribution in [1.29, 1.82) is 0 Å². The van der Waals surface area contributed by atoms with E-state index in [9.17, 15) is 9.90 Å². The minimum absolute atomic E-state index is 0.187. The fraction of sp³-hybridized carbons (Fsp3) is 0.269. The van der Waals surface area contributed by atoms with E-state index in [1.54, 1.807) is 11.0 Å². The van der Waals surface area contributed by atoms with Crippen molar-refractivity contribution in [3.63, 3.8) is 0 Å². The summed E-state index contributed by atoms with van der Waals surface area (Å²) in [5.41, 5.74) is 2.87. The molecule has 0 saturated carbocycles. The maximum absolute atomic E-state index is 12.7. The molecule has 34 heavy (non-hydrogen) atoms. The van der Waals surface area contributed by atoms with Crippen molar-refractivity contribution in [2.24, 2.45) is 0 Å². The van der Waals surface area contributed by atoms with Gasteiger partial charge in [0.2, 0.25) is 0 Å². The summed E-state index contributed by atoms with van der Waals surface area (Å²) in [6.45, 7) is 1.78. The number of hydrogen-bond donors (Lipinski definition) is 1. The van der Waals surface area contributed by atoms with Gasteiger partial charge >= 0.3 is 6.09 Å². The molecule has 2 atom stereocenters. The number of amides is 1. The van der Waals surface area contributed by atoms with E-state index < -0.39 is 12.2 Å². The van der Waals surface area contributed by atoms with Crippen LogP contribution >= 0.6 is 34.8 Å². The summed E-state index contributed by atoms with van der Waals surface area (Å²) in [5, 5.41) is 12.7. The summed E-state index contributed by atoms with van der Waals surface area (Å²) in [4.78, 5) is 16.4. The van der Waals surface area contributed by atoms with E-state index in [0.29, 0.717) is 34.7 Å². The fourth-order valence-electron chi connectivity index (χ4n) is 4.14. The second-order valence-corrected chi connectivity index (χ2v) is 9.70. The van der Waals surface area contributed by atoms with E-state index in [1.165, 1.54) is 0 Å². The molecule has 1 heterocycles. The normalized spacial score (nSPS) is 17.9. The predicted molar refractivity (Wildman–Crippen MR) is 135 cm³/mol. The van der Waals surface area contributed by atoms with Gasteiger partial charge in [-0.05, 0) is 47.0 Å². The summed E-state index contributed by atoms with van der Waals surface area (Å²) in [5.74, 6) is 0. The molecule has 1 saturated heterocycles. The minimum Gasteiger partial charge on any atom is -0.445 e. The van der Waals surface area contributed by atoms with Crippen LogP contribution in [0.15, 0.2) is 72.8 Å². The number of benzene rings is 3. The highest BCUT2D eigenvalue weighted by Crippen LogP contribution is 2.26. The maximum Gasteiger partial charge on any atom is 0.410 e. The zero-order valence-electron chi connectivity index (χ0n) is 18.4. The van der Waals surface area contributed by atoms with Crippen LogP contribution < -0.4 is 0 Å². The number of nitrogens with zero attached hydrogens (tertiary/aromatic N) is 2. The smallest absolute Gasteiger partial charge is 0.410 e. The number of carbonyl (C=O) groups is 1. The highest BCUT2D eigenvalue weighted by atomic mass is 35.5. The van der Waals surface area contributed by atoms with E-state index in [1.807, 2.05) is 66.7 Å². The average Bonchev–Trinajstić information content (AvgIpc) is 3.20. The molecule has 4 rings (SSSR count). The molecular formula is C26H25Cl3N2O3. The van der Waals surface area contributed by atoms with E-state index >= 15 is 0 Å². The molecule has 0 unspecified atom stereocenters. The summed E-state index contributed by atoms with van der Waals surface area (Å²) in [6.07, 6.45) is -1.17. The maximum atomic E-state index is 12.7. The SMILES string of the molecule is O=C(OCc1ccccc1)N1C[C@@H](O)[C@H](N(Cc2ccc(Cl)cc2)Cc2cc(Cl)cc(Cl)c2)C1. The Morgan fingerprint density at radius 3 is 2.18 bits per heavy atom. The van der Waals surface area contributed by atoms with Crippen LogP contribution in [0, 0.1) is 0 Å². The lowest BCUT2D eigenvalue weighted by molar-refractivity contribution is 0.0728. The molecule has 5 nitrogen and oxygen atoms in total. The Morgan fingerprint density at radius 1 is 0.853 bits per heavy atom. The van der Waals surface area contributed by atoms with E-state index in [-0.39, 0.29) is 19.2 Å². The van der Waals surface area contributed by atoms with Gasteiger partial charge in [0.1, 0.15) is 6.61 Å². The third kappa shape index (κ3) is 6.65. The first-order chi connectivity index (χ1) is 16.4. The summed E-state index contributed by atoms with van der Waals surface area (Å²) >= 11 is 18.5. The van der Waals surface area contributed by atoms with Crippen molar-refractivity contribution in [3.05, 3.63) is 105 Å². The van der Waals surface area contributed by atoms with Gasteiger partial charge in [-0.15, -0.1) is 0 Å². The molecule has 178 valence electrons. The summed E-state index contributed by atoms with van der Waals surface area (Å²) < 4.78 is 5.48. The Bertz CT molecular complexity index is 1090. The van der Waals surface area contributed by atoms with Gasteiger partial charge in [-0.3, -0.25) is 4.90 Å². The monoisotopic (exact) mass is 518 g/mol. The summed E-state index contributed by atoms with van der Waals surface area (Å²) in [7, 11) is 0. The molecule has 1 aliphatic heterocycles. The van der Waals surface area contributed by atoms with Gasteiger partial charge in [0.15, 0.2) is 0 Å². The number of carbonyl (C=O) groups excluding carboxylic acids is 1. The first-order valence-electron chi connectivity index (χ1n) is 10.9. The van der Waals surface area contributed by atoms with Gasteiger partial charge in [-0.1, -0.05) is 77.3 Å². The predicted octanol–water partition coefficient (Wildman–Crippen LogP) is 6.03. The molecule has 0 aliphatic carbocycles. The molecule has 3 aromatic rings. The van der Waals surface area contributed by atoms with Crippen LogP contribution in [-0.4, -0.2) is 46.2 Å². The second-order valence-electron chi connectivity index (χ2n) is 8.39. The van der Waals surface area contributed by atoms with Gasteiger partial charge < -0.3 is 14.7 Å². The van der Waals surface area contributed by atoms with Crippen molar-refractivity contribution in [2.45, 2.75) is 31.8 Å². The van der Waals surface area contributed by atoms with Crippen molar-refractivity contribution >= 4 is 40.9 Å². The first-order valence-corrected chi connectivity index (χ1v) is 12.1. The van der Waals surface area contributed by atoms with E-state index in [4.69, 9.17) is 39.5 Å². The van der Waals surface area contributed by atoms with Gasteiger partial charge in [-0.25, -0.2) is 4.79 Å². The highest BCUT2D eigenvalue weighted by molar-refractivity contribution is 6.34. The standard InChI is InChI=1S/C26H25Cl3N2O3/c27-21-8-6-18(7-9-21)13-30(14-20-10-22(28)12-23(29)11-20)24-15-31(16-25(24)32)26(33)34-17-19-4-2-1-3-5-19/h1-12,24-25,32H,13-17H2/t24-,25-/m1/s1. The number of hydrogen-bond acceptors (Lipinski definition) is 4. The Morgan fingerprint density at radius 2 is 1.50 bits per heavy atom. The van der Waals surface area contributed by atoms with Crippen LogP contribution in [0.4, 0.5) is 4.79 Å². The topological polar surface area (TPSA) is 53.0 Å². The Labute approximate surface area is 214 Å². The highest BCUT2D eigenvalue weighted by Gasteiger charge is 2.38. The zero-order chi connectivity index (χ0) is 24.1. The number of β-amino-alcohol motifs (C(OH)–C–C–N with tert-alkyl or cyclic N) is 1. The van der Waals surface area contributed by atoms with Crippen LogP contribution in [0.1, 0.15) is 16.7 Å². The molecule has 1 N–H and O–H groups in total.